The van der Waals surface area contributed by atoms with Crippen LogP contribution in [0.4, 0.5) is 0 Å². The van der Waals surface area contributed by atoms with Gasteiger partial charge in [0, 0.05) is 18.3 Å². The molecule has 2 N–H and O–H groups in total. The number of aromatic nitrogens is 1. The number of aliphatic carboxylic acids is 1. The molecule has 0 aliphatic heterocycles. The number of nitrogens with one attached hydrogen (secondary N) is 1. The summed E-state index contributed by atoms with van der Waals surface area (Å²) in [6, 6.07) is 5.07. The Labute approximate surface area is 103 Å². The molecule has 6 heteroatoms. The number of hydrogen-bond acceptors (Lipinski definition) is 4. The average molecular weight is 248 g/mol. The lowest BCUT2D eigenvalue weighted by atomic mass is 10.3. The average Bonchev–Trinajstić information content (AvgIpc) is 2.71. The van der Waals surface area contributed by atoms with Crippen molar-refractivity contribution in [1.82, 2.24) is 10.3 Å². The normalized spacial score (nSPS) is 10.5. The first-order valence-electron chi connectivity index (χ1n) is 5.43. The van der Waals surface area contributed by atoms with Crippen LogP contribution in [0.25, 0.3) is 11.1 Å². The van der Waals surface area contributed by atoms with E-state index in [1.54, 1.807) is 18.2 Å². The zero-order valence-corrected chi connectivity index (χ0v) is 9.77. The van der Waals surface area contributed by atoms with Crippen LogP contribution in [0, 0.1) is 6.92 Å². The molecule has 0 aromatic carbocycles. The minimum absolute atomic E-state index is 0.0671. The molecule has 0 atom stereocenters. The Bertz CT molecular complexity index is 603. The van der Waals surface area contributed by atoms with Gasteiger partial charge in [-0.25, -0.2) is 4.98 Å². The van der Waals surface area contributed by atoms with Crippen molar-refractivity contribution in [2.75, 3.05) is 6.54 Å². The van der Waals surface area contributed by atoms with Crippen LogP contribution in [0.1, 0.15) is 22.7 Å². The van der Waals surface area contributed by atoms with Crippen LogP contribution in [-0.4, -0.2) is 28.5 Å². The predicted octanol–water partition coefficient (Wildman–Crippen LogP) is 1.34. The van der Waals surface area contributed by atoms with E-state index in [9.17, 15) is 9.59 Å². The fourth-order valence-electron chi connectivity index (χ4n) is 1.51. The zero-order chi connectivity index (χ0) is 13.1. The number of nitrogens with zero attached hydrogens (tertiary/aromatic N) is 1. The van der Waals surface area contributed by atoms with E-state index in [-0.39, 0.29) is 18.7 Å². The SMILES string of the molecule is Cc1ccc2oc(C(=O)NCCC(=O)O)cc2n1. The maximum atomic E-state index is 11.7. The summed E-state index contributed by atoms with van der Waals surface area (Å²) in [5, 5.41) is 10.9. The number of amides is 1. The highest BCUT2D eigenvalue weighted by Crippen LogP contribution is 2.17. The first-order valence-corrected chi connectivity index (χ1v) is 5.43. The Morgan fingerprint density at radius 3 is 2.94 bits per heavy atom. The first-order chi connectivity index (χ1) is 8.56. The van der Waals surface area contributed by atoms with E-state index in [0.29, 0.717) is 11.1 Å². The smallest absolute Gasteiger partial charge is 0.305 e. The minimum Gasteiger partial charge on any atom is -0.481 e. The summed E-state index contributed by atoms with van der Waals surface area (Å²) in [5.41, 5.74) is 1.98. The third-order valence-corrected chi connectivity index (χ3v) is 2.36. The number of carbonyl (C=O) groups excluding carboxylic acids is 1. The van der Waals surface area contributed by atoms with Crippen LogP contribution in [-0.2, 0) is 4.79 Å². The van der Waals surface area contributed by atoms with Crippen LogP contribution < -0.4 is 5.32 Å². The van der Waals surface area contributed by atoms with Crippen LogP contribution in [0.3, 0.4) is 0 Å². The number of aryl methyl sites for hydroxylation is 1. The summed E-state index contributed by atoms with van der Waals surface area (Å²) in [6.45, 7) is 1.91. The Hall–Kier alpha value is -2.37. The highest BCUT2D eigenvalue weighted by molar-refractivity contribution is 5.95. The van der Waals surface area contributed by atoms with Gasteiger partial charge in [-0.1, -0.05) is 0 Å². The van der Waals surface area contributed by atoms with Gasteiger partial charge < -0.3 is 14.8 Å². The van der Waals surface area contributed by atoms with Crippen molar-refractivity contribution in [2.45, 2.75) is 13.3 Å². The van der Waals surface area contributed by atoms with Crippen LogP contribution in [0.15, 0.2) is 22.6 Å². The van der Waals surface area contributed by atoms with E-state index in [2.05, 4.69) is 10.3 Å². The van der Waals surface area contributed by atoms with Crippen molar-refractivity contribution in [1.29, 1.82) is 0 Å². The number of rotatable bonds is 4. The predicted molar refractivity (Wildman–Crippen MR) is 63.3 cm³/mol. The molecule has 18 heavy (non-hydrogen) atoms. The standard InChI is InChI=1S/C12H12N2O4/c1-7-2-3-9-8(14-7)6-10(18-9)12(17)13-5-4-11(15)16/h2-3,6H,4-5H2,1H3,(H,13,17)(H,15,16). The molecular weight excluding hydrogens is 236 g/mol. The maximum Gasteiger partial charge on any atom is 0.305 e. The van der Waals surface area contributed by atoms with Crippen molar-refractivity contribution in [3.63, 3.8) is 0 Å². The second kappa shape index (κ2) is 4.87. The fraction of sp³-hybridized carbons (Fsp3) is 0.250. The number of fused-ring (bicyclic) bond motifs is 1. The van der Waals surface area contributed by atoms with Gasteiger partial charge in [-0.05, 0) is 19.1 Å². The van der Waals surface area contributed by atoms with Crippen molar-refractivity contribution < 1.29 is 19.1 Å². The van der Waals surface area contributed by atoms with Gasteiger partial charge in [-0.3, -0.25) is 9.59 Å². The molecule has 6 nitrogen and oxygen atoms in total. The number of hydrogen-bond donors (Lipinski definition) is 2. The summed E-state index contributed by atoms with van der Waals surface area (Å²) < 4.78 is 5.32. The molecule has 94 valence electrons. The number of carbonyl (C=O) groups is 2. The lowest BCUT2D eigenvalue weighted by Gasteiger charge is -1.99. The topological polar surface area (TPSA) is 92.4 Å². The lowest BCUT2D eigenvalue weighted by Crippen LogP contribution is -2.25. The molecule has 2 aromatic rings. The molecule has 0 aliphatic carbocycles. The molecule has 2 heterocycles. The van der Waals surface area contributed by atoms with Gasteiger partial charge in [0.2, 0.25) is 0 Å². The molecule has 2 rings (SSSR count). The highest BCUT2D eigenvalue weighted by atomic mass is 16.4. The molecule has 0 saturated carbocycles. The molecule has 0 fully saturated rings. The molecule has 0 saturated heterocycles. The monoisotopic (exact) mass is 248 g/mol. The maximum absolute atomic E-state index is 11.7. The summed E-state index contributed by atoms with van der Waals surface area (Å²) in [6.07, 6.45) is -0.122. The van der Waals surface area contributed by atoms with Gasteiger partial charge in [0.15, 0.2) is 11.3 Å². The van der Waals surface area contributed by atoms with Crippen molar-refractivity contribution >= 4 is 23.0 Å². The summed E-state index contributed by atoms with van der Waals surface area (Å²) >= 11 is 0. The van der Waals surface area contributed by atoms with Crippen molar-refractivity contribution in [3.8, 4) is 0 Å². The van der Waals surface area contributed by atoms with Crippen molar-refractivity contribution in [2.24, 2.45) is 0 Å². The Morgan fingerprint density at radius 2 is 2.22 bits per heavy atom. The van der Waals surface area contributed by atoms with Crippen LogP contribution in [0.5, 0.6) is 0 Å². The van der Waals surface area contributed by atoms with Gasteiger partial charge in [-0.15, -0.1) is 0 Å². The fourth-order valence-corrected chi connectivity index (χ4v) is 1.51. The Balaban J connectivity index is 2.10. The molecule has 0 unspecified atom stereocenters. The Morgan fingerprint density at radius 1 is 1.44 bits per heavy atom. The summed E-state index contributed by atoms with van der Waals surface area (Å²) in [7, 11) is 0. The number of furan rings is 1. The van der Waals surface area contributed by atoms with Gasteiger partial charge in [-0.2, -0.15) is 0 Å². The zero-order valence-electron chi connectivity index (χ0n) is 9.77. The number of carboxylic acid groups (broad SMARTS) is 1. The van der Waals surface area contributed by atoms with Gasteiger partial charge >= 0.3 is 5.97 Å². The van der Waals surface area contributed by atoms with Crippen molar-refractivity contribution in [3.05, 3.63) is 29.7 Å². The summed E-state index contributed by atoms with van der Waals surface area (Å²) in [4.78, 5) is 26.2. The van der Waals surface area contributed by atoms with E-state index in [1.807, 2.05) is 6.92 Å². The van der Waals surface area contributed by atoms with Crippen LogP contribution >= 0.6 is 0 Å². The molecule has 0 aliphatic rings. The molecular formula is C12H12N2O4. The molecule has 1 amide bonds. The van der Waals surface area contributed by atoms with Gasteiger partial charge in [0.05, 0.1) is 6.42 Å². The second-order valence-electron chi connectivity index (χ2n) is 3.85. The third-order valence-electron chi connectivity index (χ3n) is 2.36. The molecule has 0 spiro atoms. The minimum atomic E-state index is -0.961. The molecule has 2 aromatic heterocycles. The summed E-state index contributed by atoms with van der Waals surface area (Å²) in [5.74, 6) is -1.27. The first kappa shape index (κ1) is 12.1. The van der Waals surface area contributed by atoms with Gasteiger partial charge in [0.25, 0.3) is 5.91 Å². The molecule has 0 radical (unpaired) electrons. The van der Waals surface area contributed by atoms with E-state index in [1.165, 1.54) is 0 Å². The highest BCUT2D eigenvalue weighted by Gasteiger charge is 2.12. The van der Waals surface area contributed by atoms with Gasteiger partial charge in [0.1, 0.15) is 5.52 Å². The quantitative estimate of drug-likeness (QED) is 0.851. The van der Waals surface area contributed by atoms with E-state index in [0.717, 1.165) is 5.69 Å². The van der Waals surface area contributed by atoms with E-state index >= 15 is 0 Å². The largest absolute Gasteiger partial charge is 0.481 e. The second-order valence-corrected chi connectivity index (χ2v) is 3.85. The lowest BCUT2D eigenvalue weighted by molar-refractivity contribution is -0.136. The number of pyridine rings is 1. The van der Waals surface area contributed by atoms with E-state index < -0.39 is 11.9 Å². The van der Waals surface area contributed by atoms with E-state index in [4.69, 9.17) is 9.52 Å². The number of carboxylic acids is 1. The third kappa shape index (κ3) is 2.65. The Kier molecular flexibility index (Phi) is 3.27. The van der Waals surface area contributed by atoms with Crippen LogP contribution in [0.2, 0.25) is 0 Å². The molecule has 0 bridgehead atoms.